The van der Waals surface area contributed by atoms with Crippen LogP contribution in [0.1, 0.15) is 43.0 Å². The lowest BCUT2D eigenvalue weighted by Crippen LogP contribution is -2.45. The summed E-state index contributed by atoms with van der Waals surface area (Å²) in [4.78, 5) is 10.8. The average molecular weight is 299 g/mol. The van der Waals surface area contributed by atoms with Crippen LogP contribution >= 0.6 is 0 Å². The molecule has 1 aromatic rings. The summed E-state index contributed by atoms with van der Waals surface area (Å²) in [7, 11) is 0. The first-order valence-corrected chi connectivity index (χ1v) is 6.99. The van der Waals surface area contributed by atoms with Crippen molar-refractivity contribution in [2.75, 3.05) is 11.9 Å². The molecule has 0 aliphatic heterocycles. The van der Waals surface area contributed by atoms with Gasteiger partial charge in [-0.2, -0.15) is 0 Å². The molecule has 1 aromatic carbocycles. The lowest BCUT2D eigenvalue weighted by molar-refractivity contribution is 0.0690. The van der Waals surface area contributed by atoms with E-state index in [1.165, 1.54) is 6.07 Å². The van der Waals surface area contributed by atoms with Gasteiger partial charge in [0, 0.05) is 0 Å². The standard InChI is InChI=1S/C15H19F2NO3/c1-9-4-6-15(8-19,7-5-9)18-11-3-2-10(14(20)21)12(16)13(11)17/h2-3,9,18-19H,4-8H2,1H3,(H,20,21). The summed E-state index contributed by atoms with van der Waals surface area (Å²) in [5.74, 6) is -3.57. The Kier molecular flexibility index (Phi) is 4.46. The van der Waals surface area contributed by atoms with Crippen molar-refractivity contribution >= 4 is 11.7 Å². The minimum absolute atomic E-state index is 0.110. The number of carboxylic acids is 1. The van der Waals surface area contributed by atoms with Gasteiger partial charge in [0.1, 0.15) is 0 Å². The number of aromatic carboxylic acids is 1. The third-order valence-electron chi connectivity index (χ3n) is 4.25. The summed E-state index contributed by atoms with van der Waals surface area (Å²) in [5.41, 5.74) is -1.49. The first-order chi connectivity index (χ1) is 9.88. The van der Waals surface area contributed by atoms with Crippen LogP contribution in [0.4, 0.5) is 14.5 Å². The highest BCUT2D eigenvalue weighted by Gasteiger charge is 2.34. The number of hydrogen-bond donors (Lipinski definition) is 3. The molecule has 3 N–H and O–H groups in total. The summed E-state index contributed by atoms with van der Waals surface area (Å²) in [5, 5.41) is 21.3. The molecular weight excluding hydrogens is 280 g/mol. The Bertz CT molecular complexity index is 540. The molecule has 1 saturated carbocycles. The molecule has 116 valence electrons. The molecule has 4 nitrogen and oxygen atoms in total. The normalized spacial score (nSPS) is 25.6. The van der Waals surface area contributed by atoms with Crippen molar-refractivity contribution in [3.8, 4) is 0 Å². The van der Waals surface area contributed by atoms with E-state index in [1.54, 1.807) is 0 Å². The second-order valence-corrected chi connectivity index (χ2v) is 5.84. The van der Waals surface area contributed by atoms with Gasteiger partial charge in [-0.25, -0.2) is 13.6 Å². The Labute approximate surface area is 121 Å². The quantitative estimate of drug-likeness (QED) is 0.799. The third kappa shape index (κ3) is 3.15. The van der Waals surface area contributed by atoms with Gasteiger partial charge in [0.15, 0.2) is 11.6 Å². The van der Waals surface area contributed by atoms with Crippen LogP contribution < -0.4 is 5.32 Å². The van der Waals surface area contributed by atoms with Gasteiger partial charge in [-0.15, -0.1) is 0 Å². The zero-order valence-electron chi connectivity index (χ0n) is 11.8. The van der Waals surface area contributed by atoms with Crippen molar-refractivity contribution in [2.45, 2.75) is 38.1 Å². The van der Waals surface area contributed by atoms with Gasteiger partial charge >= 0.3 is 5.97 Å². The van der Waals surface area contributed by atoms with Gasteiger partial charge in [0.2, 0.25) is 0 Å². The van der Waals surface area contributed by atoms with Crippen LogP contribution in [0.25, 0.3) is 0 Å². The molecule has 0 aromatic heterocycles. The maximum atomic E-state index is 14.0. The fourth-order valence-corrected chi connectivity index (χ4v) is 2.73. The Balaban J connectivity index is 2.26. The molecule has 0 unspecified atom stereocenters. The Morgan fingerprint density at radius 2 is 1.95 bits per heavy atom. The van der Waals surface area contributed by atoms with E-state index < -0.39 is 28.7 Å². The molecule has 0 spiro atoms. The number of aliphatic hydroxyl groups is 1. The molecule has 0 radical (unpaired) electrons. The first-order valence-electron chi connectivity index (χ1n) is 6.99. The van der Waals surface area contributed by atoms with E-state index in [-0.39, 0.29) is 12.3 Å². The summed E-state index contributed by atoms with van der Waals surface area (Å²) in [6.45, 7) is 1.94. The fraction of sp³-hybridized carbons (Fsp3) is 0.533. The van der Waals surface area contributed by atoms with Gasteiger partial charge in [0.05, 0.1) is 23.4 Å². The van der Waals surface area contributed by atoms with E-state index in [4.69, 9.17) is 5.11 Å². The molecule has 1 aliphatic rings. The molecule has 0 atom stereocenters. The lowest BCUT2D eigenvalue weighted by Gasteiger charge is -2.39. The van der Waals surface area contributed by atoms with Crippen molar-refractivity contribution in [1.82, 2.24) is 0 Å². The third-order valence-corrected chi connectivity index (χ3v) is 4.25. The monoisotopic (exact) mass is 299 g/mol. The van der Waals surface area contributed by atoms with Crippen LogP contribution in [0.2, 0.25) is 0 Å². The number of carboxylic acid groups (broad SMARTS) is 1. The SMILES string of the molecule is CC1CCC(CO)(Nc2ccc(C(=O)O)c(F)c2F)CC1. The molecule has 21 heavy (non-hydrogen) atoms. The van der Waals surface area contributed by atoms with Crippen molar-refractivity contribution < 1.29 is 23.8 Å². The molecule has 0 amide bonds. The van der Waals surface area contributed by atoms with Crippen molar-refractivity contribution in [2.24, 2.45) is 5.92 Å². The number of rotatable bonds is 4. The second-order valence-electron chi connectivity index (χ2n) is 5.84. The van der Waals surface area contributed by atoms with Crippen molar-refractivity contribution in [1.29, 1.82) is 0 Å². The van der Waals surface area contributed by atoms with E-state index in [1.807, 2.05) is 0 Å². The number of halogens is 2. The molecule has 2 rings (SSSR count). The fourth-order valence-electron chi connectivity index (χ4n) is 2.73. The van der Waals surface area contributed by atoms with Gasteiger partial charge in [-0.05, 0) is 43.7 Å². The molecule has 0 bridgehead atoms. The highest BCUT2D eigenvalue weighted by molar-refractivity contribution is 5.88. The summed E-state index contributed by atoms with van der Waals surface area (Å²) in [6.07, 6.45) is 3.11. The predicted octanol–water partition coefficient (Wildman–Crippen LogP) is 3.02. The highest BCUT2D eigenvalue weighted by atomic mass is 19.2. The average Bonchev–Trinajstić information content (AvgIpc) is 2.46. The Morgan fingerprint density at radius 1 is 1.33 bits per heavy atom. The zero-order chi connectivity index (χ0) is 15.6. The van der Waals surface area contributed by atoms with Gasteiger partial charge in [0.25, 0.3) is 0 Å². The topological polar surface area (TPSA) is 69.6 Å². The number of nitrogens with one attached hydrogen (secondary N) is 1. The van der Waals surface area contributed by atoms with E-state index in [0.717, 1.165) is 18.9 Å². The van der Waals surface area contributed by atoms with E-state index in [2.05, 4.69) is 12.2 Å². The van der Waals surface area contributed by atoms with Crippen LogP contribution in [0.5, 0.6) is 0 Å². The number of anilines is 1. The zero-order valence-corrected chi connectivity index (χ0v) is 11.8. The maximum Gasteiger partial charge on any atom is 0.338 e. The van der Waals surface area contributed by atoms with Gasteiger partial charge in [-0.3, -0.25) is 0 Å². The Morgan fingerprint density at radius 3 is 2.48 bits per heavy atom. The first kappa shape index (κ1) is 15.7. The van der Waals surface area contributed by atoms with Crippen molar-refractivity contribution in [3.05, 3.63) is 29.3 Å². The number of hydrogen-bond acceptors (Lipinski definition) is 3. The number of aliphatic hydroxyl groups excluding tert-OH is 1. The lowest BCUT2D eigenvalue weighted by atomic mass is 9.77. The molecule has 6 heteroatoms. The largest absolute Gasteiger partial charge is 0.478 e. The Hall–Kier alpha value is -1.69. The summed E-state index contributed by atoms with van der Waals surface area (Å²) >= 11 is 0. The number of carbonyl (C=O) groups is 1. The van der Waals surface area contributed by atoms with Crippen LogP contribution in [0.15, 0.2) is 12.1 Å². The van der Waals surface area contributed by atoms with Gasteiger partial charge in [-0.1, -0.05) is 6.92 Å². The van der Waals surface area contributed by atoms with Crippen LogP contribution in [0.3, 0.4) is 0 Å². The minimum Gasteiger partial charge on any atom is -0.478 e. The smallest absolute Gasteiger partial charge is 0.338 e. The van der Waals surface area contributed by atoms with E-state index >= 15 is 0 Å². The van der Waals surface area contributed by atoms with Crippen LogP contribution in [-0.2, 0) is 0 Å². The predicted molar refractivity (Wildman–Crippen MR) is 74.4 cm³/mol. The minimum atomic E-state index is -1.51. The van der Waals surface area contributed by atoms with Crippen molar-refractivity contribution in [3.63, 3.8) is 0 Å². The van der Waals surface area contributed by atoms with E-state index in [9.17, 15) is 18.7 Å². The molecule has 1 aliphatic carbocycles. The van der Waals surface area contributed by atoms with Gasteiger partial charge < -0.3 is 15.5 Å². The summed E-state index contributed by atoms with van der Waals surface area (Å²) in [6, 6.07) is 2.23. The van der Waals surface area contributed by atoms with Crippen LogP contribution in [-0.4, -0.2) is 28.3 Å². The van der Waals surface area contributed by atoms with Crippen LogP contribution in [0, 0.1) is 17.6 Å². The number of benzene rings is 1. The molecular formula is C15H19F2NO3. The summed E-state index contributed by atoms with van der Waals surface area (Å²) < 4.78 is 27.7. The highest BCUT2D eigenvalue weighted by Crippen LogP contribution is 2.35. The maximum absolute atomic E-state index is 14.0. The molecule has 0 saturated heterocycles. The molecule has 0 heterocycles. The van der Waals surface area contributed by atoms with E-state index in [0.29, 0.717) is 18.8 Å². The second kappa shape index (κ2) is 5.97. The molecule has 1 fully saturated rings.